The normalized spacial score (nSPS) is 9.68. The number of hydrogen-bond donors (Lipinski definition) is 2. The molecule has 0 aliphatic rings. The molecule has 0 aliphatic heterocycles. The first kappa shape index (κ1) is 33.5. The SMILES string of the molecule is C[CH]=[Zr+2].Cc1ccc(C)c2[cH-]ccc12.Cc1ccc(C)c2[cH-]ccc12.Oc1ccc(F)cc1.Oc1ccc(F)cc1. The van der Waals surface area contributed by atoms with Gasteiger partial charge < -0.3 is 10.2 Å². The topological polar surface area (TPSA) is 40.5 Å². The number of aromatic hydroxyl groups is 2. The maximum atomic E-state index is 12.0. The predicted molar refractivity (Wildman–Crippen MR) is 166 cm³/mol. The molecule has 0 radical (unpaired) electrons. The van der Waals surface area contributed by atoms with Gasteiger partial charge in [-0.15, -0.1) is 56.9 Å². The molecule has 0 amide bonds. The molecule has 0 saturated heterocycles. The van der Waals surface area contributed by atoms with Gasteiger partial charge in [0.25, 0.3) is 0 Å². The molecule has 5 heteroatoms. The fraction of sp³-hybridized carbons (Fsp3) is 0.139. The van der Waals surface area contributed by atoms with Gasteiger partial charge in [0.15, 0.2) is 0 Å². The van der Waals surface area contributed by atoms with Crippen LogP contribution >= 0.6 is 0 Å². The minimum atomic E-state index is -0.331. The Morgan fingerprint density at radius 1 is 0.537 bits per heavy atom. The molecular weight excluding hydrogens is 594 g/mol. The van der Waals surface area contributed by atoms with Gasteiger partial charge in [-0.1, -0.05) is 37.1 Å². The summed E-state index contributed by atoms with van der Waals surface area (Å²) in [6, 6.07) is 31.7. The molecule has 6 rings (SSSR count). The zero-order valence-electron chi connectivity index (χ0n) is 24.1. The van der Waals surface area contributed by atoms with Gasteiger partial charge in [-0.25, -0.2) is 8.78 Å². The number of benzene rings is 4. The molecule has 0 spiro atoms. The number of phenols is 2. The molecule has 0 heterocycles. The van der Waals surface area contributed by atoms with E-state index in [9.17, 15) is 8.78 Å². The van der Waals surface area contributed by atoms with E-state index < -0.39 is 0 Å². The molecule has 210 valence electrons. The van der Waals surface area contributed by atoms with Crippen LogP contribution < -0.4 is 0 Å². The van der Waals surface area contributed by atoms with Crippen molar-refractivity contribution in [3.8, 4) is 11.5 Å². The summed E-state index contributed by atoms with van der Waals surface area (Å²) >= 11 is 1.51. The Bertz CT molecular complexity index is 1390. The van der Waals surface area contributed by atoms with E-state index in [1.54, 1.807) is 0 Å². The maximum Gasteiger partial charge on any atom is 0.123 e. The molecule has 0 saturated carbocycles. The predicted octanol–water partition coefficient (Wildman–Crippen LogP) is 9.77. The zero-order chi connectivity index (χ0) is 30.4. The molecule has 0 bridgehead atoms. The van der Waals surface area contributed by atoms with E-state index in [0.29, 0.717) is 0 Å². The molecule has 41 heavy (non-hydrogen) atoms. The molecular formula is C36H36F2O2Zr. The van der Waals surface area contributed by atoms with Gasteiger partial charge in [-0.2, -0.15) is 24.3 Å². The van der Waals surface area contributed by atoms with Gasteiger partial charge in [0, 0.05) is 0 Å². The van der Waals surface area contributed by atoms with Crippen LogP contribution in [0.3, 0.4) is 0 Å². The minimum Gasteiger partial charge on any atom is -0.508 e. The second-order valence-corrected chi connectivity index (χ2v) is 10.8. The molecule has 0 aromatic heterocycles. The summed E-state index contributed by atoms with van der Waals surface area (Å²) in [7, 11) is 0. The van der Waals surface area contributed by atoms with Crippen LogP contribution in [-0.2, 0) is 24.2 Å². The Labute approximate surface area is 256 Å². The second kappa shape index (κ2) is 17.2. The number of rotatable bonds is 0. The van der Waals surface area contributed by atoms with E-state index in [1.165, 1.54) is 117 Å². The molecule has 6 aromatic rings. The summed E-state index contributed by atoms with van der Waals surface area (Å²) in [6.45, 7) is 10.7. The average molecular weight is 630 g/mol. The van der Waals surface area contributed by atoms with Crippen molar-refractivity contribution in [2.24, 2.45) is 0 Å². The number of phenolic OH excluding ortho intramolecular Hbond substituents is 2. The van der Waals surface area contributed by atoms with Crippen molar-refractivity contribution in [3.63, 3.8) is 0 Å². The van der Waals surface area contributed by atoms with Crippen LogP contribution in [0.15, 0.2) is 109 Å². The van der Waals surface area contributed by atoms with E-state index in [1.807, 2.05) is 6.92 Å². The van der Waals surface area contributed by atoms with Crippen molar-refractivity contribution in [1.29, 1.82) is 0 Å². The van der Waals surface area contributed by atoms with Crippen LogP contribution in [0, 0.1) is 39.3 Å². The third kappa shape index (κ3) is 11.0. The van der Waals surface area contributed by atoms with Gasteiger partial charge in [0.1, 0.15) is 23.1 Å². The second-order valence-electron chi connectivity index (χ2n) is 9.35. The zero-order valence-corrected chi connectivity index (χ0v) is 26.6. The fourth-order valence-electron chi connectivity index (χ4n) is 3.96. The van der Waals surface area contributed by atoms with Crippen molar-refractivity contribution >= 4 is 25.3 Å². The van der Waals surface area contributed by atoms with Crippen molar-refractivity contribution in [3.05, 3.63) is 143 Å². The molecule has 0 aliphatic carbocycles. The standard InChI is InChI=1S/2C11H11.2C6H5FO.C2H4.Zr/c2*1-8-6-7-9(2)11-5-3-4-10(8)11;2*7-5-1-3-6(8)4-2-5;1-2;/h2*3-7H,1-2H3;2*1-4,8H;1H,2H3;/q2*-1;;;;+2. The number of hydrogen-bond acceptors (Lipinski definition) is 2. The Morgan fingerprint density at radius 3 is 1.10 bits per heavy atom. The van der Waals surface area contributed by atoms with E-state index in [4.69, 9.17) is 10.2 Å². The third-order valence-corrected chi connectivity index (χ3v) is 6.15. The molecule has 0 atom stereocenters. The summed E-state index contributed by atoms with van der Waals surface area (Å²) < 4.78 is 26.0. The minimum absolute atomic E-state index is 0.0893. The first-order chi connectivity index (χ1) is 19.6. The Kier molecular flexibility index (Phi) is 14.1. The van der Waals surface area contributed by atoms with E-state index in [0.717, 1.165) is 0 Å². The van der Waals surface area contributed by atoms with Crippen LogP contribution in [0.5, 0.6) is 11.5 Å². The smallest absolute Gasteiger partial charge is 0.123 e. The Hall–Kier alpha value is -3.69. The van der Waals surface area contributed by atoms with Crippen molar-refractivity contribution in [2.75, 3.05) is 0 Å². The molecule has 0 unspecified atom stereocenters. The van der Waals surface area contributed by atoms with Gasteiger partial charge in [-0.3, -0.25) is 0 Å². The molecule has 2 nitrogen and oxygen atoms in total. The van der Waals surface area contributed by atoms with Gasteiger partial charge >= 0.3 is 34.9 Å². The van der Waals surface area contributed by atoms with E-state index in [2.05, 4.69) is 92.1 Å². The Morgan fingerprint density at radius 2 is 0.829 bits per heavy atom. The maximum absolute atomic E-state index is 12.0. The average Bonchev–Trinajstić information content (AvgIpc) is 3.66. The van der Waals surface area contributed by atoms with Crippen LogP contribution in [0.1, 0.15) is 29.2 Å². The van der Waals surface area contributed by atoms with Gasteiger partial charge in [-0.05, 0) is 62.4 Å². The fourth-order valence-corrected chi connectivity index (χ4v) is 3.96. The first-order valence-corrected chi connectivity index (χ1v) is 14.6. The summed E-state index contributed by atoms with van der Waals surface area (Å²) in [6.07, 6.45) is 0. The number of aryl methyl sites for hydroxylation is 4. The van der Waals surface area contributed by atoms with Crippen LogP contribution in [0.25, 0.3) is 21.5 Å². The van der Waals surface area contributed by atoms with Crippen molar-refractivity contribution in [2.45, 2.75) is 34.6 Å². The molecule has 6 aromatic carbocycles. The summed E-state index contributed by atoms with van der Waals surface area (Å²) in [5.41, 5.74) is 5.48. The van der Waals surface area contributed by atoms with Gasteiger partial charge in [0.05, 0.1) is 0 Å². The van der Waals surface area contributed by atoms with Crippen molar-refractivity contribution < 1.29 is 43.2 Å². The van der Waals surface area contributed by atoms with E-state index >= 15 is 0 Å². The summed E-state index contributed by atoms with van der Waals surface area (Å²) in [5, 5.41) is 22.8. The molecule has 2 N–H and O–H groups in total. The van der Waals surface area contributed by atoms with Crippen LogP contribution in [0.4, 0.5) is 8.78 Å². The van der Waals surface area contributed by atoms with Crippen LogP contribution in [0.2, 0.25) is 0 Å². The van der Waals surface area contributed by atoms with E-state index in [-0.39, 0.29) is 23.1 Å². The first-order valence-electron chi connectivity index (χ1n) is 13.1. The number of halogens is 2. The monoisotopic (exact) mass is 628 g/mol. The summed E-state index contributed by atoms with van der Waals surface area (Å²) in [5.74, 6) is -0.483. The molecule has 0 fully saturated rings. The Balaban J connectivity index is 0.000000187. The quantitative estimate of drug-likeness (QED) is 0.164. The van der Waals surface area contributed by atoms with Crippen molar-refractivity contribution in [1.82, 2.24) is 0 Å². The summed E-state index contributed by atoms with van der Waals surface area (Å²) in [4.78, 5) is 0. The van der Waals surface area contributed by atoms with Gasteiger partial charge in [0.2, 0.25) is 0 Å². The third-order valence-electron chi connectivity index (χ3n) is 6.15. The largest absolute Gasteiger partial charge is 0.508 e. The number of fused-ring (bicyclic) bond motifs is 2. The van der Waals surface area contributed by atoms with Crippen LogP contribution in [-0.4, -0.2) is 13.9 Å².